The highest BCUT2D eigenvalue weighted by Gasteiger charge is 2.18. The van der Waals surface area contributed by atoms with Gasteiger partial charge in [0.25, 0.3) is 0 Å². The Bertz CT molecular complexity index is 851. The van der Waals surface area contributed by atoms with E-state index in [1.165, 1.54) is 158 Å². The van der Waals surface area contributed by atoms with Gasteiger partial charge in [0.1, 0.15) is 5.75 Å². The molecule has 1 N–H and O–H groups in total. The van der Waals surface area contributed by atoms with Gasteiger partial charge in [-0.3, -0.25) is 0 Å². The van der Waals surface area contributed by atoms with Crippen LogP contribution in [0.4, 0.5) is 0 Å². The molecule has 0 aliphatic rings. The summed E-state index contributed by atoms with van der Waals surface area (Å²) in [7, 11) is 0. The Morgan fingerprint density at radius 2 is 0.737 bits per heavy atom. The van der Waals surface area contributed by atoms with Crippen molar-refractivity contribution in [1.82, 2.24) is 0 Å². The lowest BCUT2D eigenvalue weighted by Crippen LogP contribution is -2.04. The molecule has 38 heavy (non-hydrogen) atoms. The molecule has 0 radical (unpaired) electrons. The number of fused-ring (bicyclic) bond motifs is 1. The average molecular weight is 523 g/mol. The van der Waals surface area contributed by atoms with E-state index in [1.807, 2.05) is 0 Å². The first-order valence-corrected chi connectivity index (χ1v) is 17.0. The van der Waals surface area contributed by atoms with Crippen molar-refractivity contribution < 1.29 is 5.11 Å². The molecule has 0 saturated heterocycles. The summed E-state index contributed by atoms with van der Waals surface area (Å²) in [5, 5.41) is 13.9. The van der Waals surface area contributed by atoms with Crippen LogP contribution >= 0.6 is 0 Å². The van der Waals surface area contributed by atoms with Crippen molar-refractivity contribution in [2.75, 3.05) is 0 Å². The molecule has 216 valence electrons. The maximum Gasteiger partial charge on any atom is 0.126 e. The molecule has 1 heteroatoms. The highest BCUT2D eigenvalue weighted by atomic mass is 16.3. The van der Waals surface area contributed by atoms with Crippen LogP contribution in [0.15, 0.2) is 24.3 Å². The molecule has 0 aliphatic carbocycles. The van der Waals surface area contributed by atoms with E-state index in [2.05, 4.69) is 45.0 Å². The standard InChI is InChI=1S/C37H62O/c1-4-7-10-13-16-19-22-27-32-33(28-23-20-17-14-11-8-5-2)35(30-24-21-18-15-12-9-6-3)37(38)36-31-26-25-29-34(32)36/h25-26,29,31,38H,4-24,27-28,30H2,1-3H3. The fourth-order valence-electron chi connectivity index (χ4n) is 6.24. The van der Waals surface area contributed by atoms with Crippen molar-refractivity contribution in [3.8, 4) is 5.75 Å². The number of aromatic hydroxyl groups is 1. The van der Waals surface area contributed by atoms with Crippen LogP contribution in [0.5, 0.6) is 5.75 Å². The molecule has 0 bridgehead atoms. The topological polar surface area (TPSA) is 20.2 Å². The molecule has 2 aromatic carbocycles. The minimum Gasteiger partial charge on any atom is -0.507 e. The summed E-state index contributed by atoms with van der Waals surface area (Å²) in [5.74, 6) is 0.591. The molecular formula is C37H62O. The lowest BCUT2D eigenvalue weighted by Gasteiger charge is -2.21. The molecule has 0 aliphatic heterocycles. The summed E-state index contributed by atoms with van der Waals surface area (Å²) in [6.45, 7) is 6.89. The quantitative estimate of drug-likeness (QED) is 0.136. The summed E-state index contributed by atoms with van der Waals surface area (Å²) in [4.78, 5) is 0. The maximum atomic E-state index is 11.5. The molecule has 1 nitrogen and oxygen atoms in total. The van der Waals surface area contributed by atoms with Crippen molar-refractivity contribution in [2.45, 2.75) is 175 Å². The predicted octanol–water partition coefficient (Wildman–Crippen LogP) is 12.4. The van der Waals surface area contributed by atoms with Gasteiger partial charge in [0.2, 0.25) is 0 Å². The third-order valence-electron chi connectivity index (χ3n) is 8.61. The van der Waals surface area contributed by atoms with E-state index in [1.54, 1.807) is 5.56 Å². The number of phenolic OH excluding ortho intramolecular Hbond substituents is 1. The van der Waals surface area contributed by atoms with E-state index >= 15 is 0 Å². The van der Waals surface area contributed by atoms with Crippen LogP contribution in [0.2, 0.25) is 0 Å². The predicted molar refractivity (Wildman–Crippen MR) is 171 cm³/mol. The zero-order valence-corrected chi connectivity index (χ0v) is 25.7. The van der Waals surface area contributed by atoms with Crippen LogP contribution in [-0.4, -0.2) is 5.11 Å². The van der Waals surface area contributed by atoms with Crippen LogP contribution in [0.1, 0.15) is 172 Å². The minimum atomic E-state index is 0.591. The number of unbranched alkanes of at least 4 members (excludes halogenated alkanes) is 18. The Morgan fingerprint density at radius 1 is 0.395 bits per heavy atom. The lowest BCUT2D eigenvalue weighted by molar-refractivity contribution is 0.470. The largest absolute Gasteiger partial charge is 0.507 e. The van der Waals surface area contributed by atoms with Crippen molar-refractivity contribution in [3.63, 3.8) is 0 Å². The Morgan fingerprint density at radius 3 is 1.18 bits per heavy atom. The van der Waals surface area contributed by atoms with Gasteiger partial charge in [0, 0.05) is 5.39 Å². The minimum absolute atomic E-state index is 0.591. The van der Waals surface area contributed by atoms with Crippen LogP contribution in [-0.2, 0) is 19.3 Å². The number of hydrogen-bond acceptors (Lipinski definition) is 1. The van der Waals surface area contributed by atoms with Crippen LogP contribution in [0.3, 0.4) is 0 Å². The maximum absolute atomic E-state index is 11.5. The SMILES string of the molecule is CCCCCCCCCc1c(CCCCCCCCC)c(CCCCCCCCC)c2ccccc2c1O. The smallest absolute Gasteiger partial charge is 0.126 e. The monoisotopic (exact) mass is 522 g/mol. The van der Waals surface area contributed by atoms with Gasteiger partial charge < -0.3 is 5.11 Å². The number of benzene rings is 2. The van der Waals surface area contributed by atoms with E-state index < -0.39 is 0 Å². The fraction of sp³-hybridized carbons (Fsp3) is 0.730. The molecule has 0 fully saturated rings. The van der Waals surface area contributed by atoms with Crippen molar-refractivity contribution in [3.05, 3.63) is 41.0 Å². The van der Waals surface area contributed by atoms with Crippen LogP contribution in [0, 0.1) is 0 Å². The molecule has 0 atom stereocenters. The second kappa shape index (κ2) is 21.3. The summed E-state index contributed by atoms with van der Waals surface area (Å²) < 4.78 is 0. The van der Waals surface area contributed by atoms with Gasteiger partial charge in [-0.25, -0.2) is 0 Å². The highest BCUT2D eigenvalue weighted by Crippen LogP contribution is 2.38. The van der Waals surface area contributed by atoms with Gasteiger partial charge in [-0.1, -0.05) is 161 Å². The molecule has 0 saturated carbocycles. The average Bonchev–Trinajstić information content (AvgIpc) is 2.94. The van der Waals surface area contributed by atoms with Gasteiger partial charge in [-0.15, -0.1) is 0 Å². The second-order valence-electron chi connectivity index (χ2n) is 11.9. The summed E-state index contributed by atoms with van der Waals surface area (Å²) in [6.07, 6.45) is 31.5. The second-order valence-corrected chi connectivity index (χ2v) is 11.9. The van der Waals surface area contributed by atoms with Gasteiger partial charge in [0.15, 0.2) is 0 Å². The Kier molecular flexibility index (Phi) is 18.4. The van der Waals surface area contributed by atoms with Crippen LogP contribution < -0.4 is 0 Å². The van der Waals surface area contributed by atoms with Gasteiger partial charge >= 0.3 is 0 Å². The zero-order valence-electron chi connectivity index (χ0n) is 25.7. The van der Waals surface area contributed by atoms with Gasteiger partial charge in [-0.2, -0.15) is 0 Å². The molecule has 0 amide bonds. The van der Waals surface area contributed by atoms with E-state index in [4.69, 9.17) is 0 Å². The van der Waals surface area contributed by atoms with E-state index in [-0.39, 0.29) is 0 Å². The lowest BCUT2D eigenvalue weighted by atomic mass is 9.85. The summed E-state index contributed by atoms with van der Waals surface area (Å²) in [6, 6.07) is 8.71. The van der Waals surface area contributed by atoms with Crippen molar-refractivity contribution in [2.24, 2.45) is 0 Å². The van der Waals surface area contributed by atoms with Crippen molar-refractivity contribution >= 4 is 10.8 Å². The van der Waals surface area contributed by atoms with Crippen molar-refractivity contribution in [1.29, 1.82) is 0 Å². The fourth-order valence-corrected chi connectivity index (χ4v) is 6.24. The molecule has 2 rings (SSSR count). The third kappa shape index (κ3) is 12.1. The highest BCUT2D eigenvalue weighted by molar-refractivity contribution is 5.93. The molecule has 0 aromatic heterocycles. The normalized spacial score (nSPS) is 11.6. The summed E-state index contributed by atoms with van der Waals surface area (Å²) in [5.41, 5.74) is 4.38. The zero-order chi connectivity index (χ0) is 27.3. The summed E-state index contributed by atoms with van der Waals surface area (Å²) >= 11 is 0. The van der Waals surface area contributed by atoms with Crippen LogP contribution in [0.25, 0.3) is 10.8 Å². The molecule has 2 aromatic rings. The third-order valence-corrected chi connectivity index (χ3v) is 8.61. The molecule has 0 heterocycles. The molecule has 0 unspecified atom stereocenters. The first-order valence-electron chi connectivity index (χ1n) is 17.0. The molecule has 0 spiro atoms. The molecular weight excluding hydrogens is 460 g/mol. The first-order chi connectivity index (χ1) is 18.7. The number of rotatable bonds is 24. The Labute approximate surface area is 237 Å². The van der Waals surface area contributed by atoms with Gasteiger partial charge in [0.05, 0.1) is 0 Å². The van der Waals surface area contributed by atoms with E-state index in [9.17, 15) is 5.11 Å². The van der Waals surface area contributed by atoms with E-state index in [0.29, 0.717) is 5.75 Å². The van der Waals surface area contributed by atoms with E-state index in [0.717, 1.165) is 18.2 Å². The Hall–Kier alpha value is -1.50. The number of aryl methyl sites for hydroxylation is 1. The number of phenols is 1. The first kappa shape index (κ1) is 32.7. The van der Waals surface area contributed by atoms with Gasteiger partial charge in [-0.05, 0) is 60.6 Å². The Balaban J connectivity index is 2.15. The number of hydrogen-bond donors (Lipinski definition) is 1.